The molecule has 1 fully saturated rings. The van der Waals surface area contributed by atoms with E-state index in [1.165, 1.54) is 11.3 Å². The zero-order valence-electron chi connectivity index (χ0n) is 10.9. The Morgan fingerprint density at radius 1 is 1.44 bits per heavy atom. The Hall–Kier alpha value is -0.640. The van der Waals surface area contributed by atoms with Crippen LogP contribution in [0.15, 0.2) is 18.3 Å². The number of piperidine rings is 1. The summed E-state index contributed by atoms with van der Waals surface area (Å²) in [6.07, 6.45) is 4.47. The first-order chi connectivity index (χ1) is 8.79. The van der Waals surface area contributed by atoms with E-state index in [1.807, 2.05) is 12.3 Å². The molecule has 0 aromatic carbocycles. The Kier molecular flexibility index (Phi) is 5.42. The van der Waals surface area contributed by atoms with Gasteiger partial charge in [0, 0.05) is 31.7 Å². The number of alkyl halides is 1. The van der Waals surface area contributed by atoms with E-state index >= 15 is 0 Å². The molecule has 2 heterocycles. The summed E-state index contributed by atoms with van der Waals surface area (Å²) in [6, 6.07) is 4.11. The maximum Gasteiger partial charge on any atom is 0.0605 e. The molecule has 0 bridgehead atoms. The van der Waals surface area contributed by atoms with Crippen molar-refractivity contribution in [1.82, 2.24) is 9.88 Å². The average Bonchev–Trinajstić information content (AvgIpc) is 2.41. The lowest BCUT2D eigenvalue weighted by Crippen LogP contribution is -2.37. The molecule has 0 radical (unpaired) electrons. The average molecular weight is 269 g/mol. The summed E-state index contributed by atoms with van der Waals surface area (Å²) in [5.41, 5.74) is 2.47. The van der Waals surface area contributed by atoms with Crippen LogP contribution in [0.3, 0.4) is 0 Å². The third-order valence-electron chi connectivity index (χ3n) is 3.46. The van der Waals surface area contributed by atoms with Crippen LogP contribution in [0.5, 0.6) is 0 Å². The number of hydrogen-bond acceptors (Lipinski definition) is 3. The highest BCUT2D eigenvalue weighted by Gasteiger charge is 2.20. The summed E-state index contributed by atoms with van der Waals surface area (Å²) < 4.78 is 5.68. The molecule has 1 aromatic heterocycles. The molecule has 1 aromatic rings. The zero-order valence-corrected chi connectivity index (χ0v) is 11.7. The molecule has 1 aliphatic rings. The van der Waals surface area contributed by atoms with Gasteiger partial charge >= 0.3 is 0 Å². The number of likely N-dealkylation sites (tertiary alicyclic amines) is 1. The molecular weight excluding hydrogens is 248 g/mol. The number of rotatable bonds is 5. The first-order valence-electron chi connectivity index (χ1n) is 6.60. The van der Waals surface area contributed by atoms with E-state index in [0.29, 0.717) is 18.6 Å². The third-order valence-corrected chi connectivity index (χ3v) is 3.61. The van der Waals surface area contributed by atoms with Gasteiger partial charge in [-0.2, -0.15) is 0 Å². The minimum Gasteiger partial charge on any atom is -0.377 e. The molecule has 1 saturated heterocycles. The minimum atomic E-state index is 0.393. The first kappa shape index (κ1) is 13.8. The fourth-order valence-corrected chi connectivity index (χ4v) is 2.43. The number of pyridine rings is 1. The van der Waals surface area contributed by atoms with Crippen molar-refractivity contribution in [3.8, 4) is 0 Å². The lowest BCUT2D eigenvalue weighted by Gasteiger charge is -2.31. The van der Waals surface area contributed by atoms with Crippen molar-refractivity contribution in [2.45, 2.75) is 32.4 Å². The third kappa shape index (κ3) is 3.94. The molecule has 0 amide bonds. The fraction of sp³-hybridized carbons (Fsp3) is 0.643. The largest absolute Gasteiger partial charge is 0.377 e. The number of hydrogen-bond donors (Lipinski definition) is 0. The van der Waals surface area contributed by atoms with Crippen LogP contribution in [0.1, 0.15) is 24.1 Å². The summed E-state index contributed by atoms with van der Waals surface area (Å²) in [5, 5.41) is 0. The number of ether oxygens (including phenoxy) is 1. The van der Waals surface area contributed by atoms with E-state index < -0.39 is 0 Å². The molecule has 4 heteroatoms. The van der Waals surface area contributed by atoms with Crippen LogP contribution in [0.2, 0.25) is 0 Å². The van der Waals surface area contributed by atoms with E-state index in [0.717, 1.165) is 32.5 Å². The van der Waals surface area contributed by atoms with Crippen molar-refractivity contribution in [3.05, 3.63) is 29.6 Å². The summed E-state index contributed by atoms with van der Waals surface area (Å²) >= 11 is 5.63. The van der Waals surface area contributed by atoms with Crippen LogP contribution in [0.4, 0.5) is 0 Å². The molecule has 0 atom stereocenters. The molecule has 0 unspecified atom stereocenters. The second-order valence-corrected chi connectivity index (χ2v) is 5.18. The molecule has 1 aliphatic heterocycles. The maximum absolute atomic E-state index is 5.68. The minimum absolute atomic E-state index is 0.393. The maximum atomic E-state index is 5.68. The van der Waals surface area contributed by atoms with Crippen LogP contribution in [-0.4, -0.2) is 41.6 Å². The Labute approximate surface area is 114 Å². The van der Waals surface area contributed by atoms with Gasteiger partial charge in [0.25, 0.3) is 0 Å². The molecular formula is C14H21ClN2O. The molecule has 0 spiro atoms. The van der Waals surface area contributed by atoms with E-state index in [9.17, 15) is 0 Å². The highest BCUT2D eigenvalue weighted by atomic mass is 35.5. The van der Waals surface area contributed by atoms with Crippen molar-refractivity contribution in [2.24, 2.45) is 0 Å². The van der Waals surface area contributed by atoms with Gasteiger partial charge in [-0.25, -0.2) is 0 Å². The lowest BCUT2D eigenvalue weighted by atomic mass is 10.1. The van der Waals surface area contributed by atoms with E-state index in [-0.39, 0.29) is 0 Å². The molecule has 18 heavy (non-hydrogen) atoms. The van der Waals surface area contributed by atoms with Gasteiger partial charge in [-0.15, -0.1) is 11.6 Å². The van der Waals surface area contributed by atoms with Crippen LogP contribution >= 0.6 is 11.6 Å². The summed E-state index contributed by atoms with van der Waals surface area (Å²) in [7, 11) is 0. The topological polar surface area (TPSA) is 25.4 Å². The summed E-state index contributed by atoms with van der Waals surface area (Å²) in [4.78, 5) is 6.90. The Bertz CT molecular complexity index is 365. The van der Waals surface area contributed by atoms with Gasteiger partial charge in [0.15, 0.2) is 0 Å². The Morgan fingerprint density at radius 3 is 2.89 bits per heavy atom. The molecule has 0 N–H and O–H groups in total. The number of nitrogens with zero attached hydrogens (tertiary/aromatic N) is 2. The van der Waals surface area contributed by atoms with Crippen molar-refractivity contribution >= 4 is 11.6 Å². The van der Waals surface area contributed by atoms with E-state index in [2.05, 4.69) is 22.9 Å². The normalized spacial score (nSPS) is 18.1. The number of aryl methyl sites for hydroxylation is 1. The number of aromatic nitrogens is 1. The lowest BCUT2D eigenvalue weighted by molar-refractivity contribution is 0.0132. The van der Waals surface area contributed by atoms with E-state index in [4.69, 9.17) is 16.3 Å². The molecule has 100 valence electrons. The Morgan fingerprint density at radius 2 is 2.22 bits per heavy atom. The predicted octanol–water partition coefficient (Wildman–Crippen LogP) is 2.61. The van der Waals surface area contributed by atoms with Crippen LogP contribution < -0.4 is 0 Å². The van der Waals surface area contributed by atoms with Crippen LogP contribution in [0.25, 0.3) is 0 Å². The number of halogens is 1. The first-order valence-corrected chi connectivity index (χ1v) is 7.13. The predicted molar refractivity (Wildman–Crippen MR) is 73.9 cm³/mol. The van der Waals surface area contributed by atoms with Gasteiger partial charge in [-0.05, 0) is 31.4 Å². The molecule has 0 aliphatic carbocycles. The Balaban J connectivity index is 1.78. The monoisotopic (exact) mass is 268 g/mol. The van der Waals surface area contributed by atoms with Gasteiger partial charge in [-0.1, -0.05) is 6.07 Å². The van der Waals surface area contributed by atoms with Gasteiger partial charge < -0.3 is 4.74 Å². The summed E-state index contributed by atoms with van der Waals surface area (Å²) in [5.74, 6) is 0.591. The second kappa shape index (κ2) is 7.07. The van der Waals surface area contributed by atoms with Gasteiger partial charge in [-0.3, -0.25) is 9.88 Å². The smallest absolute Gasteiger partial charge is 0.0605 e. The second-order valence-electron chi connectivity index (χ2n) is 4.80. The molecule has 0 saturated carbocycles. The molecule has 2 rings (SSSR count). The molecule has 3 nitrogen and oxygen atoms in total. The standard InChI is InChI=1S/C14H21ClN2O/c1-12-3-2-7-16-14(12)11-17-8-4-13(5-9-17)18-10-6-15/h2-3,7,13H,4-6,8-11H2,1H3. The van der Waals surface area contributed by atoms with Crippen LogP contribution in [-0.2, 0) is 11.3 Å². The highest BCUT2D eigenvalue weighted by molar-refractivity contribution is 6.17. The quantitative estimate of drug-likeness (QED) is 0.768. The SMILES string of the molecule is Cc1cccnc1CN1CCC(OCCCl)CC1. The highest BCUT2D eigenvalue weighted by Crippen LogP contribution is 2.16. The van der Waals surface area contributed by atoms with E-state index in [1.54, 1.807) is 0 Å². The fourth-order valence-electron chi connectivity index (χ4n) is 2.34. The van der Waals surface area contributed by atoms with Gasteiger partial charge in [0.1, 0.15) is 0 Å². The van der Waals surface area contributed by atoms with Crippen molar-refractivity contribution < 1.29 is 4.74 Å². The zero-order chi connectivity index (χ0) is 12.8. The summed E-state index contributed by atoms with van der Waals surface area (Å²) in [6.45, 7) is 5.92. The van der Waals surface area contributed by atoms with Crippen LogP contribution in [0, 0.1) is 6.92 Å². The van der Waals surface area contributed by atoms with Crippen molar-refractivity contribution in [1.29, 1.82) is 0 Å². The van der Waals surface area contributed by atoms with Gasteiger partial charge in [0.2, 0.25) is 0 Å². The van der Waals surface area contributed by atoms with Gasteiger partial charge in [0.05, 0.1) is 18.4 Å². The van der Waals surface area contributed by atoms with Crippen molar-refractivity contribution in [3.63, 3.8) is 0 Å². The van der Waals surface area contributed by atoms with Crippen molar-refractivity contribution in [2.75, 3.05) is 25.6 Å².